The summed E-state index contributed by atoms with van der Waals surface area (Å²) in [5.74, 6) is -0.719. The number of carbonyl (C=O) groups excluding carboxylic acids is 2. The van der Waals surface area contributed by atoms with Gasteiger partial charge in [0.2, 0.25) is 5.91 Å². The second-order valence-electron chi connectivity index (χ2n) is 4.05. The number of fused-ring (bicyclic) bond motifs is 1. The quantitative estimate of drug-likeness (QED) is 0.556. The number of hydrogen-bond donors (Lipinski definition) is 1. The van der Waals surface area contributed by atoms with Crippen molar-refractivity contribution in [3.05, 3.63) is 23.8 Å². The van der Waals surface area contributed by atoms with E-state index in [0.717, 1.165) is 0 Å². The van der Waals surface area contributed by atoms with Crippen molar-refractivity contribution in [3.8, 4) is 0 Å². The fraction of sp³-hybridized carbons (Fsp3) is 0.400. The summed E-state index contributed by atoms with van der Waals surface area (Å²) in [4.78, 5) is 22.7. The van der Waals surface area contributed by atoms with Crippen LogP contribution in [0.25, 0.3) is 0 Å². The van der Waals surface area contributed by atoms with Gasteiger partial charge in [-0.3, -0.25) is 14.9 Å². The Balaban J connectivity index is 2.51. The zero-order valence-corrected chi connectivity index (χ0v) is 7.63. The molecule has 3 nitrogen and oxygen atoms in total. The molecule has 1 aliphatic heterocycles. The predicted octanol–water partition coefficient (Wildman–Crippen LogP) is 0.781. The Morgan fingerprint density at radius 2 is 2.08 bits per heavy atom. The Hall–Kier alpha value is -1.38. The monoisotopic (exact) mass is 177 g/mol. The highest BCUT2D eigenvalue weighted by atomic mass is 16.2. The van der Waals surface area contributed by atoms with Gasteiger partial charge in [0.1, 0.15) is 0 Å². The largest absolute Gasteiger partial charge is 0.292 e. The summed E-state index contributed by atoms with van der Waals surface area (Å²) >= 11 is 0. The first kappa shape index (κ1) is 8.23. The van der Waals surface area contributed by atoms with E-state index in [1.807, 2.05) is 26.0 Å². The number of amides is 2. The van der Waals surface area contributed by atoms with E-state index in [-0.39, 0.29) is 23.1 Å². The van der Waals surface area contributed by atoms with E-state index in [1.165, 1.54) is 0 Å². The molecule has 1 fully saturated rings. The van der Waals surface area contributed by atoms with Crippen molar-refractivity contribution in [3.63, 3.8) is 0 Å². The van der Waals surface area contributed by atoms with Crippen molar-refractivity contribution in [1.82, 2.24) is 5.32 Å². The summed E-state index contributed by atoms with van der Waals surface area (Å²) in [7, 11) is 0. The molecule has 0 aromatic carbocycles. The normalized spacial score (nSPS) is 29.7. The number of imide groups is 1. The fourth-order valence-corrected chi connectivity index (χ4v) is 1.94. The van der Waals surface area contributed by atoms with E-state index < -0.39 is 0 Å². The lowest BCUT2D eigenvalue weighted by atomic mass is 9.73. The smallest absolute Gasteiger partial charge is 0.254 e. The minimum atomic E-state index is -0.301. The second-order valence-corrected chi connectivity index (χ2v) is 4.05. The molecule has 1 heterocycles. The molecule has 1 saturated heterocycles. The lowest BCUT2D eigenvalue weighted by Crippen LogP contribution is -2.31. The van der Waals surface area contributed by atoms with Gasteiger partial charge in [-0.1, -0.05) is 32.1 Å². The molecule has 2 aliphatic rings. The van der Waals surface area contributed by atoms with Crippen LogP contribution in [0.5, 0.6) is 0 Å². The molecule has 13 heavy (non-hydrogen) atoms. The van der Waals surface area contributed by atoms with Gasteiger partial charge >= 0.3 is 0 Å². The lowest BCUT2D eigenvalue weighted by Gasteiger charge is -2.28. The van der Waals surface area contributed by atoms with Crippen molar-refractivity contribution < 1.29 is 9.59 Å². The maximum atomic E-state index is 11.4. The summed E-state index contributed by atoms with van der Waals surface area (Å²) in [6, 6.07) is 0. The van der Waals surface area contributed by atoms with Gasteiger partial charge in [-0.05, 0) is 5.41 Å². The highest BCUT2D eigenvalue weighted by molar-refractivity contribution is 6.15. The SMILES string of the molecule is CC1(C)C=CC=C2C(=O)NC(=O)C21. The maximum Gasteiger partial charge on any atom is 0.254 e. The third-order valence-electron chi connectivity index (χ3n) is 2.62. The standard InChI is InChI=1S/C10H11NO2/c1-10(2)5-3-4-6-7(10)9(13)11-8(6)12/h3-5,7H,1-2H3,(H,11,12,13). The zero-order valence-electron chi connectivity index (χ0n) is 7.63. The Kier molecular flexibility index (Phi) is 1.46. The lowest BCUT2D eigenvalue weighted by molar-refractivity contribution is -0.126. The molecule has 2 rings (SSSR count). The average molecular weight is 177 g/mol. The van der Waals surface area contributed by atoms with Crippen molar-refractivity contribution in [2.24, 2.45) is 11.3 Å². The van der Waals surface area contributed by atoms with Crippen molar-refractivity contribution in [2.45, 2.75) is 13.8 Å². The minimum absolute atomic E-state index is 0.175. The van der Waals surface area contributed by atoms with Crippen LogP contribution in [0.2, 0.25) is 0 Å². The molecule has 1 atom stereocenters. The third kappa shape index (κ3) is 1.03. The Morgan fingerprint density at radius 3 is 2.69 bits per heavy atom. The molecule has 68 valence electrons. The highest BCUT2D eigenvalue weighted by Gasteiger charge is 2.45. The van der Waals surface area contributed by atoms with E-state index >= 15 is 0 Å². The Morgan fingerprint density at radius 1 is 1.38 bits per heavy atom. The molecule has 1 N–H and O–H groups in total. The highest BCUT2D eigenvalue weighted by Crippen LogP contribution is 2.39. The molecule has 3 heteroatoms. The summed E-state index contributed by atoms with van der Waals surface area (Å²) < 4.78 is 0. The van der Waals surface area contributed by atoms with Gasteiger partial charge < -0.3 is 0 Å². The third-order valence-corrected chi connectivity index (χ3v) is 2.62. The molecule has 1 aliphatic carbocycles. The first-order valence-corrected chi connectivity index (χ1v) is 4.27. The predicted molar refractivity (Wildman–Crippen MR) is 47.6 cm³/mol. The number of hydrogen-bond acceptors (Lipinski definition) is 2. The van der Waals surface area contributed by atoms with Crippen LogP contribution in [0, 0.1) is 11.3 Å². The van der Waals surface area contributed by atoms with Crippen molar-refractivity contribution in [2.75, 3.05) is 0 Å². The molecule has 0 bridgehead atoms. The molecule has 0 aromatic rings. The molecule has 0 radical (unpaired) electrons. The number of nitrogens with one attached hydrogen (secondary N) is 1. The Labute approximate surface area is 76.5 Å². The van der Waals surface area contributed by atoms with E-state index in [9.17, 15) is 9.59 Å². The van der Waals surface area contributed by atoms with E-state index in [2.05, 4.69) is 5.32 Å². The van der Waals surface area contributed by atoms with Crippen LogP contribution >= 0.6 is 0 Å². The first-order chi connectivity index (χ1) is 6.02. The van der Waals surface area contributed by atoms with Gasteiger partial charge in [-0.25, -0.2) is 0 Å². The molecule has 0 saturated carbocycles. The zero-order chi connectivity index (χ0) is 9.64. The van der Waals surface area contributed by atoms with Gasteiger partial charge in [0, 0.05) is 5.57 Å². The van der Waals surface area contributed by atoms with Crippen LogP contribution in [-0.4, -0.2) is 11.8 Å². The van der Waals surface area contributed by atoms with Crippen molar-refractivity contribution in [1.29, 1.82) is 0 Å². The topological polar surface area (TPSA) is 46.2 Å². The molecular weight excluding hydrogens is 166 g/mol. The van der Waals surface area contributed by atoms with Crippen LogP contribution in [0.1, 0.15) is 13.8 Å². The molecule has 2 amide bonds. The fourth-order valence-electron chi connectivity index (χ4n) is 1.94. The van der Waals surface area contributed by atoms with Gasteiger partial charge in [0.05, 0.1) is 5.92 Å². The van der Waals surface area contributed by atoms with Gasteiger partial charge in [0.25, 0.3) is 5.91 Å². The average Bonchev–Trinajstić information content (AvgIpc) is 2.27. The van der Waals surface area contributed by atoms with E-state index in [0.29, 0.717) is 5.57 Å². The van der Waals surface area contributed by atoms with Gasteiger partial charge in [-0.2, -0.15) is 0 Å². The van der Waals surface area contributed by atoms with Crippen LogP contribution in [0.4, 0.5) is 0 Å². The first-order valence-electron chi connectivity index (χ1n) is 4.27. The van der Waals surface area contributed by atoms with Crippen LogP contribution in [-0.2, 0) is 9.59 Å². The number of allylic oxidation sites excluding steroid dienone is 3. The van der Waals surface area contributed by atoms with Crippen LogP contribution in [0.15, 0.2) is 23.8 Å². The minimum Gasteiger partial charge on any atom is -0.292 e. The van der Waals surface area contributed by atoms with E-state index in [1.54, 1.807) is 6.08 Å². The maximum absolute atomic E-state index is 11.4. The van der Waals surface area contributed by atoms with Crippen LogP contribution < -0.4 is 5.32 Å². The number of carbonyl (C=O) groups is 2. The molecule has 0 aromatic heterocycles. The van der Waals surface area contributed by atoms with Crippen molar-refractivity contribution >= 4 is 11.8 Å². The van der Waals surface area contributed by atoms with Gasteiger partial charge in [0.15, 0.2) is 0 Å². The molecular formula is C10H11NO2. The number of rotatable bonds is 0. The Bertz CT molecular complexity index is 350. The molecule has 0 spiro atoms. The summed E-state index contributed by atoms with van der Waals surface area (Å²) in [5, 5.41) is 2.33. The summed E-state index contributed by atoms with van der Waals surface area (Å²) in [6.07, 6.45) is 5.51. The summed E-state index contributed by atoms with van der Waals surface area (Å²) in [6.45, 7) is 3.92. The summed E-state index contributed by atoms with van der Waals surface area (Å²) in [5.41, 5.74) is 0.345. The second kappa shape index (κ2) is 2.31. The van der Waals surface area contributed by atoms with E-state index in [4.69, 9.17) is 0 Å². The van der Waals surface area contributed by atoms with Crippen LogP contribution in [0.3, 0.4) is 0 Å². The van der Waals surface area contributed by atoms with Gasteiger partial charge in [-0.15, -0.1) is 0 Å². The molecule has 1 unspecified atom stereocenters.